The fourth-order valence-electron chi connectivity index (χ4n) is 9.47. The average Bonchev–Trinajstić information content (AvgIpc) is 3.36. The molecule has 0 spiro atoms. The van der Waals surface area contributed by atoms with E-state index in [-0.39, 0.29) is 24.9 Å². The van der Waals surface area contributed by atoms with Gasteiger partial charge in [-0.2, -0.15) is 0 Å². The molecule has 0 aliphatic rings. The number of unbranched alkanes of at least 4 members (excludes halogenated alkanes) is 34. The predicted molar refractivity (Wildman–Crippen MR) is 310 cm³/mol. The molecule has 6 nitrogen and oxygen atoms in total. The van der Waals surface area contributed by atoms with E-state index in [0.29, 0.717) is 19.3 Å². The van der Waals surface area contributed by atoms with Crippen molar-refractivity contribution in [3.8, 4) is 0 Å². The van der Waals surface area contributed by atoms with Crippen molar-refractivity contribution in [2.75, 3.05) is 6.61 Å². The van der Waals surface area contributed by atoms with E-state index in [1.807, 2.05) is 0 Å². The fourth-order valence-corrected chi connectivity index (χ4v) is 9.47. The molecule has 0 radical (unpaired) electrons. The van der Waals surface area contributed by atoms with Crippen molar-refractivity contribution >= 4 is 11.9 Å². The predicted octanol–water partition coefficient (Wildman–Crippen LogP) is 19.5. The van der Waals surface area contributed by atoms with Crippen LogP contribution in [0, 0.1) is 0 Å². The van der Waals surface area contributed by atoms with Gasteiger partial charge in [-0.3, -0.25) is 9.59 Å². The molecule has 0 bridgehead atoms. The zero-order valence-electron chi connectivity index (χ0n) is 47.4. The Morgan fingerprint density at radius 2 is 0.761 bits per heavy atom. The molecule has 71 heavy (non-hydrogen) atoms. The molecule has 0 aromatic rings. The van der Waals surface area contributed by atoms with Gasteiger partial charge in [-0.05, 0) is 64.2 Å². The third kappa shape index (κ3) is 53.7. The second-order valence-electron chi connectivity index (χ2n) is 21.1. The standard InChI is InChI=1S/C65H119NO5/c1-4-7-10-13-16-19-22-25-28-31-34-37-40-43-46-49-52-55-58-65(70)71-61(56-53-50-47-44-41-38-35-32-29-26-23-20-17-14-11-8-5-2)59-64(69)66-62(60-67)63(68)57-54-51-48-45-42-39-36-33-30-27-24-21-18-15-12-9-6-3/h8,11,17,20,26,29,35,38,44,47,61-63,67-68H,4-7,9-10,12-16,18-19,21-25,27-28,30-34,36-37,39-43,45-46,48-60H2,1-3H3,(H,66,69)/b11-8-,20-17-,29-26-,38-35-,47-44-. The molecule has 0 aliphatic carbocycles. The molecular formula is C65H119NO5. The molecule has 0 saturated heterocycles. The summed E-state index contributed by atoms with van der Waals surface area (Å²) in [6.45, 7) is 6.40. The van der Waals surface area contributed by atoms with Crippen LogP contribution < -0.4 is 5.32 Å². The third-order valence-corrected chi connectivity index (χ3v) is 14.1. The van der Waals surface area contributed by atoms with Crippen molar-refractivity contribution in [2.24, 2.45) is 0 Å². The molecule has 0 aromatic carbocycles. The number of ether oxygens (including phenoxy) is 1. The van der Waals surface area contributed by atoms with Gasteiger partial charge in [0.25, 0.3) is 0 Å². The molecule has 3 atom stereocenters. The maximum absolute atomic E-state index is 13.3. The first-order valence-corrected chi connectivity index (χ1v) is 31.0. The van der Waals surface area contributed by atoms with Crippen molar-refractivity contribution in [1.82, 2.24) is 5.32 Å². The second-order valence-corrected chi connectivity index (χ2v) is 21.1. The van der Waals surface area contributed by atoms with Gasteiger partial charge in [0.15, 0.2) is 0 Å². The molecule has 0 rings (SSSR count). The summed E-state index contributed by atoms with van der Waals surface area (Å²) in [5, 5.41) is 23.9. The lowest BCUT2D eigenvalue weighted by atomic mass is 10.0. The molecule has 1 amide bonds. The summed E-state index contributed by atoms with van der Waals surface area (Å²) in [4.78, 5) is 26.3. The largest absolute Gasteiger partial charge is 0.462 e. The lowest BCUT2D eigenvalue weighted by Gasteiger charge is -2.24. The first kappa shape index (κ1) is 68.6. The van der Waals surface area contributed by atoms with E-state index in [9.17, 15) is 19.8 Å². The number of carbonyl (C=O) groups is 2. The van der Waals surface area contributed by atoms with Crippen LogP contribution in [0.5, 0.6) is 0 Å². The zero-order valence-corrected chi connectivity index (χ0v) is 47.4. The number of allylic oxidation sites excluding steroid dienone is 10. The van der Waals surface area contributed by atoms with Crippen LogP contribution in [0.3, 0.4) is 0 Å². The van der Waals surface area contributed by atoms with E-state index in [2.05, 4.69) is 86.8 Å². The molecule has 0 aliphatic heterocycles. The number of amides is 1. The van der Waals surface area contributed by atoms with Gasteiger partial charge in [0, 0.05) is 6.42 Å². The first-order valence-electron chi connectivity index (χ1n) is 31.0. The third-order valence-electron chi connectivity index (χ3n) is 14.1. The van der Waals surface area contributed by atoms with Crippen LogP contribution in [0.25, 0.3) is 0 Å². The monoisotopic (exact) mass is 994 g/mol. The number of hydrogen-bond donors (Lipinski definition) is 3. The van der Waals surface area contributed by atoms with Crippen molar-refractivity contribution in [1.29, 1.82) is 0 Å². The highest BCUT2D eigenvalue weighted by Crippen LogP contribution is 2.19. The van der Waals surface area contributed by atoms with Crippen LogP contribution >= 0.6 is 0 Å². The summed E-state index contributed by atoms with van der Waals surface area (Å²) in [5.74, 6) is -0.516. The summed E-state index contributed by atoms with van der Waals surface area (Å²) >= 11 is 0. The number of carbonyl (C=O) groups excluding carboxylic acids is 2. The van der Waals surface area contributed by atoms with Crippen LogP contribution in [-0.2, 0) is 14.3 Å². The Hall–Kier alpha value is -2.44. The van der Waals surface area contributed by atoms with Crippen LogP contribution in [0.4, 0.5) is 0 Å². The van der Waals surface area contributed by atoms with Crippen LogP contribution in [0.1, 0.15) is 316 Å². The Labute approximate surface area is 441 Å². The Kier molecular flexibility index (Phi) is 56.4. The molecule has 3 unspecified atom stereocenters. The zero-order chi connectivity index (χ0) is 51.6. The molecule has 0 heterocycles. The Morgan fingerprint density at radius 1 is 0.423 bits per heavy atom. The number of aliphatic hydroxyl groups excluding tert-OH is 2. The minimum atomic E-state index is -0.804. The van der Waals surface area contributed by atoms with Gasteiger partial charge in [0.2, 0.25) is 5.91 Å². The van der Waals surface area contributed by atoms with Gasteiger partial charge < -0.3 is 20.3 Å². The highest BCUT2D eigenvalue weighted by Gasteiger charge is 2.24. The summed E-state index contributed by atoms with van der Waals surface area (Å²) in [6, 6.07) is -0.721. The lowest BCUT2D eigenvalue weighted by molar-refractivity contribution is -0.151. The van der Waals surface area contributed by atoms with Crippen LogP contribution in [-0.4, -0.2) is 46.9 Å². The first-order chi connectivity index (χ1) is 35.0. The van der Waals surface area contributed by atoms with Crippen molar-refractivity contribution in [3.05, 3.63) is 60.8 Å². The fraction of sp³-hybridized carbons (Fsp3) is 0.815. The van der Waals surface area contributed by atoms with Crippen LogP contribution in [0.2, 0.25) is 0 Å². The van der Waals surface area contributed by atoms with Crippen molar-refractivity contribution < 1.29 is 24.5 Å². The van der Waals surface area contributed by atoms with Gasteiger partial charge in [0.1, 0.15) is 6.10 Å². The van der Waals surface area contributed by atoms with Gasteiger partial charge in [-0.15, -0.1) is 0 Å². The highest BCUT2D eigenvalue weighted by atomic mass is 16.5. The maximum atomic E-state index is 13.3. The number of hydrogen-bond acceptors (Lipinski definition) is 5. The maximum Gasteiger partial charge on any atom is 0.306 e. The summed E-state index contributed by atoms with van der Waals surface area (Å²) < 4.78 is 5.95. The average molecular weight is 995 g/mol. The number of nitrogens with one attached hydrogen (secondary N) is 1. The van der Waals surface area contributed by atoms with E-state index in [1.165, 1.54) is 186 Å². The Bertz CT molecular complexity index is 1250. The van der Waals surface area contributed by atoms with Crippen molar-refractivity contribution in [2.45, 2.75) is 334 Å². The van der Waals surface area contributed by atoms with Gasteiger partial charge >= 0.3 is 5.97 Å². The SMILES string of the molecule is CC/C=C\C/C=C\C/C=C\C/C=C\C/C=C\CCCC(CC(=O)NC(CO)C(O)CCCCCCCCCCCCCCCCCCC)OC(=O)CCCCCCCCCCCCCCCCCCCC. The minimum absolute atomic E-state index is 0.0406. The quantitative estimate of drug-likeness (QED) is 0.0321. The highest BCUT2D eigenvalue weighted by molar-refractivity contribution is 5.77. The summed E-state index contributed by atoms with van der Waals surface area (Å²) in [6.07, 6.45) is 74.4. The molecular weight excluding hydrogens is 875 g/mol. The van der Waals surface area contributed by atoms with E-state index in [4.69, 9.17) is 4.74 Å². The summed E-state index contributed by atoms with van der Waals surface area (Å²) in [5.41, 5.74) is 0. The number of aliphatic hydroxyl groups is 2. The Morgan fingerprint density at radius 3 is 1.13 bits per heavy atom. The van der Waals surface area contributed by atoms with Gasteiger partial charge in [0.05, 0.1) is 25.2 Å². The molecule has 414 valence electrons. The second kappa shape index (κ2) is 58.4. The minimum Gasteiger partial charge on any atom is -0.462 e. The number of rotatable bonds is 56. The summed E-state index contributed by atoms with van der Waals surface area (Å²) in [7, 11) is 0. The molecule has 3 N–H and O–H groups in total. The normalized spacial score (nSPS) is 13.5. The van der Waals surface area contributed by atoms with E-state index < -0.39 is 18.2 Å². The lowest BCUT2D eigenvalue weighted by Crippen LogP contribution is -2.46. The van der Waals surface area contributed by atoms with Gasteiger partial charge in [-0.1, -0.05) is 300 Å². The molecule has 0 fully saturated rings. The topological polar surface area (TPSA) is 95.9 Å². The van der Waals surface area contributed by atoms with E-state index >= 15 is 0 Å². The van der Waals surface area contributed by atoms with E-state index in [1.54, 1.807) is 0 Å². The smallest absolute Gasteiger partial charge is 0.306 e. The number of esters is 1. The van der Waals surface area contributed by atoms with Crippen molar-refractivity contribution in [3.63, 3.8) is 0 Å². The Balaban J connectivity index is 4.60. The van der Waals surface area contributed by atoms with Gasteiger partial charge in [-0.25, -0.2) is 0 Å². The molecule has 6 heteroatoms. The molecule has 0 saturated carbocycles. The van der Waals surface area contributed by atoms with Crippen LogP contribution in [0.15, 0.2) is 60.8 Å². The molecule has 0 aromatic heterocycles. The van der Waals surface area contributed by atoms with E-state index in [0.717, 1.165) is 83.5 Å².